The van der Waals surface area contributed by atoms with Crippen molar-refractivity contribution in [2.75, 3.05) is 62.0 Å². The Morgan fingerprint density at radius 3 is 1.61 bits per heavy atom. The highest BCUT2D eigenvalue weighted by Gasteiger charge is 2.72. The molecule has 260 valence electrons. The molecule has 0 aromatic heterocycles. The summed E-state index contributed by atoms with van der Waals surface area (Å²) in [5, 5.41) is 16.9. The van der Waals surface area contributed by atoms with E-state index < -0.39 is 0 Å². The number of likely N-dealkylation sites (N-methyl/N-ethyl adjacent to an activating group) is 3. The van der Waals surface area contributed by atoms with Crippen molar-refractivity contribution in [2.24, 2.45) is 0 Å². The lowest BCUT2D eigenvalue weighted by atomic mass is 9.44. The summed E-state index contributed by atoms with van der Waals surface area (Å²) in [5.74, 6) is 0. The third kappa shape index (κ3) is 3.15. The normalized spacial score (nSPS) is 38.1. The second-order valence-electron chi connectivity index (χ2n) is 17.4. The summed E-state index contributed by atoms with van der Waals surface area (Å²) in [6.07, 6.45) is 7.68. The Morgan fingerprint density at radius 1 is 0.471 bits per heavy atom. The van der Waals surface area contributed by atoms with Gasteiger partial charge in [-0.1, -0.05) is 79.2 Å². The van der Waals surface area contributed by atoms with Gasteiger partial charge in [-0.3, -0.25) is 14.7 Å². The fourth-order valence-electron chi connectivity index (χ4n) is 13.9. The lowest BCUT2D eigenvalue weighted by molar-refractivity contribution is -0.0694. The lowest BCUT2D eigenvalue weighted by Crippen LogP contribution is -2.80. The molecular weight excluding hydrogens is 627 g/mol. The van der Waals surface area contributed by atoms with Crippen molar-refractivity contribution in [3.05, 3.63) is 118 Å². The molecule has 0 radical (unpaired) electrons. The topological polar surface area (TPSA) is 57.8 Å². The molecule has 51 heavy (non-hydrogen) atoms. The van der Waals surface area contributed by atoms with Crippen LogP contribution in [0.1, 0.15) is 71.9 Å². The summed E-state index contributed by atoms with van der Waals surface area (Å²) in [6.45, 7) is 3.24. The number of hydrogen-bond donors (Lipinski definition) is 4. The number of hydrogen-bond acceptors (Lipinski definition) is 7. The molecule has 8 aliphatic rings. The van der Waals surface area contributed by atoms with E-state index in [-0.39, 0.29) is 40.2 Å². The molecule has 0 amide bonds. The summed E-state index contributed by atoms with van der Waals surface area (Å²) in [7, 11) is 7.09. The van der Waals surface area contributed by atoms with Gasteiger partial charge in [0.15, 0.2) is 0 Å². The number of fused-ring (bicyclic) bond motifs is 8. The van der Waals surface area contributed by atoms with E-state index in [1.165, 1.54) is 69.8 Å². The number of para-hydroxylation sites is 4. The van der Waals surface area contributed by atoms with E-state index in [9.17, 15) is 0 Å². The summed E-state index contributed by atoms with van der Waals surface area (Å²) in [5.41, 5.74) is 14.2. The minimum absolute atomic E-state index is 0.0112. The van der Waals surface area contributed by atoms with Crippen LogP contribution in [0.25, 0.3) is 0 Å². The maximum Gasteiger partial charge on any atom is 0.0933 e. The van der Waals surface area contributed by atoms with Gasteiger partial charge in [0.05, 0.1) is 23.9 Å². The minimum atomic E-state index is -0.106. The molecule has 1 saturated carbocycles. The molecule has 3 saturated heterocycles. The molecule has 4 aromatic rings. The predicted octanol–water partition coefficient (Wildman–Crippen LogP) is 6.67. The van der Waals surface area contributed by atoms with Crippen LogP contribution in [0.15, 0.2) is 84.9 Å². The van der Waals surface area contributed by atoms with Crippen molar-refractivity contribution in [2.45, 2.75) is 84.7 Å². The van der Waals surface area contributed by atoms with Gasteiger partial charge in [-0.05, 0) is 98.8 Å². The van der Waals surface area contributed by atoms with Crippen molar-refractivity contribution in [3.8, 4) is 0 Å². The van der Waals surface area contributed by atoms with Crippen LogP contribution >= 0.6 is 0 Å². The highest BCUT2D eigenvalue weighted by Crippen LogP contribution is 2.69. The van der Waals surface area contributed by atoms with E-state index in [4.69, 9.17) is 0 Å². The van der Waals surface area contributed by atoms with Gasteiger partial charge in [0.1, 0.15) is 0 Å². The molecule has 4 unspecified atom stereocenters. The number of likely N-dealkylation sites (tertiary alicyclic amines) is 3. The highest BCUT2D eigenvalue weighted by molar-refractivity contribution is 5.81. The van der Waals surface area contributed by atoms with E-state index in [0.717, 1.165) is 38.9 Å². The van der Waals surface area contributed by atoms with Crippen LogP contribution < -0.4 is 21.3 Å². The molecule has 4 aromatic carbocycles. The van der Waals surface area contributed by atoms with Crippen molar-refractivity contribution >= 4 is 22.7 Å². The largest absolute Gasteiger partial charge is 0.381 e. The number of benzene rings is 4. The van der Waals surface area contributed by atoms with Crippen LogP contribution in [0.3, 0.4) is 0 Å². The first-order valence-electron chi connectivity index (χ1n) is 19.6. The number of anilines is 4. The fourth-order valence-corrected chi connectivity index (χ4v) is 13.9. The van der Waals surface area contributed by atoms with Gasteiger partial charge in [0, 0.05) is 64.7 Å². The smallest absolute Gasteiger partial charge is 0.0933 e. The zero-order valence-corrected chi connectivity index (χ0v) is 30.1. The first-order chi connectivity index (χ1) is 24.9. The summed E-state index contributed by atoms with van der Waals surface area (Å²) < 4.78 is 0. The third-order valence-electron chi connectivity index (χ3n) is 15.8. The molecule has 7 aliphatic heterocycles. The molecule has 7 heteroatoms. The SMILES string of the molecule is CN1CCC23c4cccc([C@]56CCC[C@H]5Nc5ccccc56)c4NC1C21CCN(C)C3Nc2c1cccc2[C@]12CCN(C)[C@H]1Nc1ccccc12. The molecule has 7 nitrogen and oxygen atoms in total. The molecule has 7 heterocycles. The minimum Gasteiger partial charge on any atom is -0.381 e. The maximum absolute atomic E-state index is 4.45. The Kier molecular flexibility index (Phi) is 5.61. The molecule has 1 aliphatic carbocycles. The van der Waals surface area contributed by atoms with Gasteiger partial charge in [0.2, 0.25) is 0 Å². The summed E-state index contributed by atoms with van der Waals surface area (Å²) >= 11 is 0. The lowest BCUT2D eigenvalue weighted by Gasteiger charge is -2.72. The van der Waals surface area contributed by atoms with E-state index in [0.29, 0.717) is 6.04 Å². The van der Waals surface area contributed by atoms with E-state index in [2.05, 4.69) is 142 Å². The van der Waals surface area contributed by atoms with Crippen LogP contribution in [0.4, 0.5) is 22.7 Å². The molecule has 12 rings (SSSR count). The molecule has 4 bridgehead atoms. The van der Waals surface area contributed by atoms with Crippen molar-refractivity contribution in [3.63, 3.8) is 0 Å². The number of piperidine rings is 2. The van der Waals surface area contributed by atoms with Crippen LogP contribution in [0.5, 0.6) is 0 Å². The summed E-state index contributed by atoms with van der Waals surface area (Å²) in [4.78, 5) is 7.91. The van der Waals surface area contributed by atoms with Gasteiger partial charge in [-0.25, -0.2) is 0 Å². The fraction of sp³-hybridized carbons (Fsp3) is 0.455. The quantitative estimate of drug-likeness (QED) is 0.189. The van der Waals surface area contributed by atoms with E-state index in [1.807, 2.05) is 0 Å². The number of rotatable bonds is 2. The van der Waals surface area contributed by atoms with E-state index in [1.54, 1.807) is 5.56 Å². The molecule has 0 spiro atoms. The van der Waals surface area contributed by atoms with Gasteiger partial charge < -0.3 is 21.3 Å². The van der Waals surface area contributed by atoms with Crippen LogP contribution in [-0.2, 0) is 21.7 Å². The van der Waals surface area contributed by atoms with Gasteiger partial charge >= 0.3 is 0 Å². The average Bonchev–Trinajstić information content (AvgIpc) is 3.89. The predicted molar refractivity (Wildman–Crippen MR) is 206 cm³/mol. The molecular formula is C44H49N7. The van der Waals surface area contributed by atoms with Crippen LogP contribution in [0.2, 0.25) is 0 Å². The van der Waals surface area contributed by atoms with Crippen molar-refractivity contribution in [1.29, 1.82) is 0 Å². The Bertz CT molecular complexity index is 2150. The summed E-state index contributed by atoms with van der Waals surface area (Å²) in [6, 6.07) is 33.5. The van der Waals surface area contributed by atoms with Gasteiger partial charge in [-0.2, -0.15) is 0 Å². The zero-order valence-electron chi connectivity index (χ0n) is 30.1. The zero-order chi connectivity index (χ0) is 33.9. The van der Waals surface area contributed by atoms with Crippen LogP contribution in [0, 0.1) is 0 Å². The monoisotopic (exact) mass is 675 g/mol. The highest BCUT2D eigenvalue weighted by atomic mass is 15.4. The number of nitrogens with one attached hydrogen (secondary N) is 4. The van der Waals surface area contributed by atoms with Crippen LogP contribution in [-0.4, -0.2) is 80.0 Å². The first kappa shape index (κ1) is 29.5. The third-order valence-corrected chi connectivity index (χ3v) is 15.8. The van der Waals surface area contributed by atoms with Crippen molar-refractivity contribution in [1.82, 2.24) is 14.7 Å². The second kappa shape index (κ2) is 9.68. The van der Waals surface area contributed by atoms with E-state index >= 15 is 0 Å². The Balaban J connectivity index is 1.12. The van der Waals surface area contributed by atoms with Gasteiger partial charge in [0.25, 0.3) is 0 Å². The second-order valence-corrected chi connectivity index (χ2v) is 17.4. The molecule has 4 fully saturated rings. The Labute approximate surface area is 301 Å². The van der Waals surface area contributed by atoms with Crippen molar-refractivity contribution < 1.29 is 0 Å². The standard InChI is InChI=1S/C44H49N7/c1-49-24-21-42(28-12-5-7-18-34(28)46-38(42)49)30-14-9-16-32-37(30)48-40-43-22-25-50(2)39(44(32,43)23-26-51(40)3)47-36-29(13-8-15-31(36)43)41-20-10-19-35(41)45-33-17-6-4-11-27(33)41/h4-9,11-18,35,38-40,45-48H,10,19-26H2,1-3H3/t35-,38-,39?,40?,41-,42-,43?,44?/m1/s1. The molecule has 8 atom stereocenters. The number of nitrogens with zero attached hydrogens (tertiary/aromatic N) is 3. The van der Waals surface area contributed by atoms with Gasteiger partial charge in [-0.15, -0.1) is 0 Å². The average molecular weight is 676 g/mol. The molecule has 4 N–H and O–H groups in total. The maximum atomic E-state index is 4.45. The Morgan fingerprint density at radius 2 is 0.961 bits per heavy atom. The first-order valence-corrected chi connectivity index (χ1v) is 19.6. The Hall–Kier alpha value is -4.04.